The summed E-state index contributed by atoms with van der Waals surface area (Å²) >= 11 is 6.19. The van der Waals surface area contributed by atoms with Gasteiger partial charge in [-0.2, -0.15) is 5.10 Å². The van der Waals surface area contributed by atoms with Crippen molar-refractivity contribution in [3.8, 4) is 16.9 Å². The Labute approximate surface area is 225 Å². The van der Waals surface area contributed by atoms with E-state index < -0.39 is 9.84 Å². The van der Waals surface area contributed by atoms with Gasteiger partial charge in [-0.25, -0.2) is 13.1 Å². The Balaban J connectivity index is 1.32. The fourth-order valence-corrected chi connectivity index (χ4v) is 7.57. The fourth-order valence-electron chi connectivity index (χ4n) is 5.72. The Kier molecular flexibility index (Phi) is 5.86. The number of hydrogen-bond acceptors (Lipinski definition) is 7. The van der Waals surface area contributed by atoms with Crippen LogP contribution in [0, 0.1) is 0 Å². The molecular weight excluding hydrogens is 528 g/mol. The topological polar surface area (TPSA) is 94.0 Å². The van der Waals surface area contributed by atoms with E-state index in [9.17, 15) is 13.2 Å². The minimum absolute atomic E-state index is 0.0304. The van der Waals surface area contributed by atoms with Crippen LogP contribution >= 0.6 is 11.6 Å². The lowest BCUT2D eigenvalue weighted by Crippen LogP contribution is -2.41. The number of hydrogen-bond donors (Lipinski definition) is 0. The van der Waals surface area contributed by atoms with Gasteiger partial charge in [-0.3, -0.25) is 9.69 Å². The summed E-state index contributed by atoms with van der Waals surface area (Å²) in [5, 5.41) is 5.13. The summed E-state index contributed by atoms with van der Waals surface area (Å²) in [5.74, 6) is -0.544. The Bertz CT molecular complexity index is 1530. The first-order valence-electron chi connectivity index (χ1n) is 12.9. The Hall–Kier alpha value is -2.76. The van der Waals surface area contributed by atoms with Crippen molar-refractivity contribution in [3.05, 3.63) is 64.3 Å². The van der Waals surface area contributed by atoms with Crippen molar-refractivity contribution >= 4 is 27.3 Å². The zero-order valence-corrected chi connectivity index (χ0v) is 22.2. The van der Waals surface area contributed by atoms with Crippen LogP contribution in [0.25, 0.3) is 16.9 Å². The number of benzene rings is 2. The molecule has 9 nitrogen and oxygen atoms in total. The van der Waals surface area contributed by atoms with E-state index in [0.29, 0.717) is 35.0 Å². The average molecular weight is 555 g/mol. The van der Waals surface area contributed by atoms with Gasteiger partial charge in [-0.05, 0) is 36.2 Å². The molecule has 38 heavy (non-hydrogen) atoms. The lowest BCUT2D eigenvalue weighted by Gasteiger charge is -2.26. The van der Waals surface area contributed by atoms with Gasteiger partial charge in [0.05, 0.1) is 54.0 Å². The number of carbonyl (C=O) groups excluding carboxylic acids is 1. The van der Waals surface area contributed by atoms with Crippen molar-refractivity contribution in [3.63, 3.8) is 0 Å². The molecule has 2 saturated heterocycles. The van der Waals surface area contributed by atoms with Gasteiger partial charge in [0, 0.05) is 42.3 Å². The normalized spacial score (nSPS) is 23.9. The summed E-state index contributed by atoms with van der Waals surface area (Å²) in [4.78, 5) is 18.1. The van der Waals surface area contributed by atoms with Gasteiger partial charge in [0.1, 0.15) is 0 Å². The van der Waals surface area contributed by atoms with E-state index in [1.807, 2.05) is 12.1 Å². The Morgan fingerprint density at radius 1 is 1.05 bits per heavy atom. The minimum Gasteiger partial charge on any atom is -0.379 e. The zero-order chi connectivity index (χ0) is 26.0. The molecule has 0 spiro atoms. The number of sulfone groups is 1. The largest absolute Gasteiger partial charge is 0.379 e. The van der Waals surface area contributed by atoms with Crippen molar-refractivity contribution in [1.29, 1.82) is 0 Å². The summed E-state index contributed by atoms with van der Waals surface area (Å²) in [7, 11) is -3.71. The predicted octanol–water partition coefficient (Wildman–Crippen LogP) is 2.93. The van der Waals surface area contributed by atoms with Crippen LogP contribution in [0.3, 0.4) is 0 Å². The molecule has 4 aliphatic rings. The van der Waals surface area contributed by atoms with Gasteiger partial charge in [0.25, 0.3) is 5.91 Å². The number of halogens is 1. The molecule has 3 aliphatic heterocycles. The Morgan fingerprint density at radius 3 is 2.63 bits per heavy atom. The van der Waals surface area contributed by atoms with Crippen molar-refractivity contribution in [1.82, 2.24) is 19.6 Å². The van der Waals surface area contributed by atoms with Crippen molar-refractivity contribution < 1.29 is 22.7 Å². The van der Waals surface area contributed by atoms with Crippen LogP contribution in [-0.4, -0.2) is 85.5 Å². The second kappa shape index (κ2) is 9.17. The number of rotatable bonds is 4. The average Bonchev–Trinajstić information content (AvgIpc) is 3.63. The number of morpholine rings is 2. The fraction of sp³-hybridized carbons (Fsp3) is 0.407. The van der Waals surface area contributed by atoms with Crippen LogP contribution in [0.5, 0.6) is 0 Å². The van der Waals surface area contributed by atoms with Crippen molar-refractivity contribution in [2.75, 3.05) is 39.5 Å². The summed E-state index contributed by atoms with van der Waals surface area (Å²) in [6.45, 7) is 5.05. The standard InChI is InChI=1S/C27H27ClN4O5S/c28-18-3-6-20-24(13-18)38(34,35)16-21-25(27(33)31-9-12-37-23-14-22(23)31)29-32(26(20)21)19-4-1-17(2-5-19)15-30-7-10-36-11-8-30/h1-6,13,22-23H,7-12,14-16H2/t22-,23+/m1/s1. The van der Waals surface area contributed by atoms with E-state index in [0.717, 1.165) is 50.5 Å². The molecular formula is C27H27ClN4O5S. The van der Waals surface area contributed by atoms with Crippen LogP contribution < -0.4 is 0 Å². The first kappa shape index (κ1) is 24.3. The van der Waals surface area contributed by atoms with Crippen LogP contribution in [0.4, 0.5) is 0 Å². The molecule has 0 N–H and O–H groups in total. The van der Waals surface area contributed by atoms with Crippen LogP contribution in [0.15, 0.2) is 47.4 Å². The van der Waals surface area contributed by atoms with Crippen LogP contribution in [-0.2, 0) is 31.6 Å². The van der Waals surface area contributed by atoms with Gasteiger partial charge in [0.2, 0.25) is 0 Å². The molecule has 1 aromatic heterocycles. The molecule has 198 valence electrons. The number of nitrogens with zero attached hydrogens (tertiary/aromatic N) is 4. The van der Waals surface area contributed by atoms with E-state index in [2.05, 4.69) is 17.0 Å². The minimum atomic E-state index is -3.71. The third kappa shape index (κ3) is 4.15. The first-order valence-corrected chi connectivity index (χ1v) is 14.9. The summed E-state index contributed by atoms with van der Waals surface area (Å²) < 4.78 is 39.5. The van der Waals surface area contributed by atoms with Gasteiger partial charge >= 0.3 is 0 Å². The molecule has 0 radical (unpaired) electrons. The highest BCUT2D eigenvalue weighted by atomic mass is 35.5. The maximum absolute atomic E-state index is 13.8. The Morgan fingerprint density at radius 2 is 1.84 bits per heavy atom. The molecule has 3 fully saturated rings. The van der Waals surface area contributed by atoms with Crippen LogP contribution in [0.1, 0.15) is 28.0 Å². The quantitative estimate of drug-likeness (QED) is 0.489. The molecule has 11 heteroatoms. The van der Waals surface area contributed by atoms with Gasteiger partial charge in [0.15, 0.2) is 15.5 Å². The first-order chi connectivity index (χ1) is 18.4. The van der Waals surface area contributed by atoms with Crippen molar-refractivity contribution in [2.45, 2.75) is 35.8 Å². The van der Waals surface area contributed by atoms with Crippen LogP contribution in [0.2, 0.25) is 5.02 Å². The number of fused-ring (bicyclic) bond motifs is 4. The molecule has 3 aromatic rings. The maximum atomic E-state index is 13.8. The third-order valence-electron chi connectivity index (χ3n) is 7.77. The van der Waals surface area contributed by atoms with Gasteiger partial charge in [-0.15, -0.1) is 0 Å². The molecule has 1 amide bonds. The summed E-state index contributed by atoms with van der Waals surface area (Å²) in [6.07, 6.45) is 0.870. The summed E-state index contributed by atoms with van der Waals surface area (Å²) in [6, 6.07) is 12.9. The highest BCUT2D eigenvalue weighted by Gasteiger charge is 2.49. The predicted molar refractivity (Wildman–Crippen MR) is 140 cm³/mol. The molecule has 1 saturated carbocycles. The van der Waals surface area contributed by atoms with E-state index in [-0.39, 0.29) is 34.4 Å². The number of aromatic nitrogens is 2. The van der Waals surface area contributed by atoms with Gasteiger partial charge in [-0.1, -0.05) is 29.8 Å². The molecule has 4 heterocycles. The highest BCUT2D eigenvalue weighted by Crippen LogP contribution is 2.43. The third-order valence-corrected chi connectivity index (χ3v) is 9.68. The second-order valence-corrected chi connectivity index (χ2v) is 12.6. The lowest BCUT2D eigenvalue weighted by molar-refractivity contribution is 0.0258. The monoisotopic (exact) mass is 554 g/mol. The SMILES string of the molecule is O=C(c1nn(-c2ccc(CN3CCOCC3)cc2)c2c1CS(=O)(=O)c1cc(Cl)ccc1-2)N1CCO[C@H]2C[C@H]21. The van der Waals surface area contributed by atoms with E-state index in [4.69, 9.17) is 26.2 Å². The van der Waals surface area contributed by atoms with Crippen molar-refractivity contribution in [2.24, 2.45) is 0 Å². The molecule has 2 aromatic carbocycles. The number of amides is 1. The maximum Gasteiger partial charge on any atom is 0.275 e. The zero-order valence-electron chi connectivity index (χ0n) is 20.7. The molecule has 7 rings (SSSR count). The summed E-state index contributed by atoms with van der Waals surface area (Å²) in [5.41, 5.74) is 3.68. The molecule has 2 atom stereocenters. The van der Waals surface area contributed by atoms with E-state index in [1.165, 1.54) is 6.07 Å². The smallest absolute Gasteiger partial charge is 0.275 e. The lowest BCUT2D eigenvalue weighted by atomic mass is 10.0. The highest BCUT2D eigenvalue weighted by molar-refractivity contribution is 7.91. The molecule has 0 bridgehead atoms. The van der Waals surface area contributed by atoms with E-state index >= 15 is 0 Å². The van der Waals surface area contributed by atoms with E-state index in [1.54, 1.807) is 21.7 Å². The number of ether oxygens (including phenoxy) is 2. The molecule has 0 unspecified atom stereocenters. The van der Waals surface area contributed by atoms with Gasteiger partial charge < -0.3 is 14.4 Å². The number of carbonyl (C=O) groups is 1. The molecule has 1 aliphatic carbocycles. The second-order valence-electron chi connectivity index (χ2n) is 10.3.